The summed E-state index contributed by atoms with van der Waals surface area (Å²) in [5.74, 6) is 0.702. The largest absolute Gasteiger partial charge is 0.420 e. The van der Waals surface area contributed by atoms with Gasteiger partial charge in [-0.3, -0.25) is 4.57 Å². The molecule has 0 unspecified atom stereocenters. The summed E-state index contributed by atoms with van der Waals surface area (Å²) in [4.78, 5) is 4.52. The van der Waals surface area contributed by atoms with Crippen LogP contribution in [0.1, 0.15) is 20.8 Å². The fourth-order valence-corrected chi connectivity index (χ4v) is 4.39. The Morgan fingerprint density at radius 3 is 2.42 bits per heavy atom. The molecule has 0 spiro atoms. The fraction of sp³-hybridized carbons (Fsp3) is 0.316. The van der Waals surface area contributed by atoms with E-state index in [0.29, 0.717) is 18.3 Å². The molecule has 0 aliphatic rings. The highest BCUT2D eigenvalue weighted by Crippen LogP contribution is 2.49. The van der Waals surface area contributed by atoms with Crippen molar-refractivity contribution in [3.8, 4) is 11.5 Å². The lowest BCUT2D eigenvalue weighted by Gasteiger charge is -2.15. The quantitative estimate of drug-likeness (QED) is 0.570. The Morgan fingerprint density at radius 1 is 1.04 bits per heavy atom. The van der Waals surface area contributed by atoms with Crippen LogP contribution in [-0.2, 0) is 13.6 Å². The van der Waals surface area contributed by atoms with Crippen molar-refractivity contribution in [2.45, 2.75) is 20.8 Å². The van der Waals surface area contributed by atoms with Crippen molar-refractivity contribution in [2.24, 2.45) is 0 Å². The molecular formula is C19H23N2O4P. The van der Waals surface area contributed by atoms with Crippen molar-refractivity contribution >= 4 is 29.7 Å². The number of rotatable bonds is 8. The SMILES string of the molecule is CCNc1oc(-c2cccc3ccccc23)nc1P(=O)(OCC)OCC. The van der Waals surface area contributed by atoms with E-state index >= 15 is 0 Å². The molecule has 26 heavy (non-hydrogen) atoms. The van der Waals surface area contributed by atoms with E-state index in [1.54, 1.807) is 13.8 Å². The molecule has 3 rings (SSSR count). The highest BCUT2D eigenvalue weighted by molar-refractivity contribution is 7.62. The van der Waals surface area contributed by atoms with E-state index in [2.05, 4.69) is 10.3 Å². The Bertz CT molecular complexity index is 923. The second-order valence-electron chi connectivity index (χ2n) is 5.56. The Hall–Kier alpha value is -2.14. The van der Waals surface area contributed by atoms with Crippen molar-refractivity contribution < 1.29 is 18.0 Å². The summed E-state index contributed by atoms with van der Waals surface area (Å²) in [6, 6.07) is 13.9. The predicted octanol–water partition coefficient (Wildman–Crippen LogP) is 4.82. The molecule has 6 nitrogen and oxygen atoms in total. The molecule has 3 aromatic rings. The van der Waals surface area contributed by atoms with Gasteiger partial charge in [-0.25, -0.2) is 0 Å². The van der Waals surface area contributed by atoms with E-state index in [9.17, 15) is 4.57 Å². The van der Waals surface area contributed by atoms with Gasteiger partial charge in [-0.05, 0) is 37.6 Å². The van der Waals surface area contributed by atoms with Crippen LogP contribution in [0.5, 0.6) is 0 Å². The van der Waals surface area contributed by atoms with Crippen LogP contribution in [0.3, 0.4) is 0 Å². The third-order valence-electron chi connectivity index (χ3n) is 3.82. The summed E-state index contributed by atoms with van der Waals surface area (Å²) in [7, 11) is -3.57. The van der Waals surface area contributed by atoms with E-state index in [1.165, 1.54) is 0 Å². The molecule has 0 bridgehead atoms. The van der Waals surface area contributed by atoms with Crippen LogP contribution >= 0.6 is 7.60 Å². The normalized spacial score (nSPS) is 11.8. The lowest BCUT2D eigenvalue weighted by molar-refractivity contribution is 0.229. The first-order valence-corrected chi connectivity index (χ1v) is 10.3. The Kier molecular flexibility index (Phi) is 5.77. The van der Waals surface area contributed by atoms with Crippen LogP contribution in [0.4, 0.5) is 5.88 Å². The molecule has 0 radical (unpaired) electrons. The molecule has 1 heterocycles. The first-order chi connectivity index (χ1) is 12.6. The van der Waals surface area contributed by atoms with E-state index < -0.39 is 7.60 Å². The average molecular weight is 374 g/mol. The van der Waals surface area contributed by atoms with E-state index in [1.807, 2.05) is 49.4 Å². The molecule has 0 saturated heterocycles. The number of fused-ring (bicyclic) bond motifs is 1. The number of oxazole rings is 1. The van der Waals surface area contributed by atoms with Crippen molar-refractivity contribution in [3.63, 3.8) is 0 Å². The Morgan fingerprint density at radius 2 is 1.73 bits per heavy atom. The van der Waals surface area contributed by atoms with Gasteiger partial charge in [0.1, 0.15) is 0 Å². The number of hydrogen-bond donors (Lipinski definition) is 1. The number of benzene rings is 2. The van der Waals surface area contributed by atoms with Gasteiger partial charge in [0, 0.05) is 12.1 Å². The highest BCUT2D eigenvalue weighted by atomic mass is 31.2. The molecule has 0 saturated carbocycles. The van der Waals surface area contributed by atoms with Gasteiger partial charge in [-0.15, -0.1) is 0 Å². The summed E-state index contributed by atoms with van der Waals surface area (Å²) in [5.41, 5.74) is 1.01. The third kappa shape index (κ3) is 3.54. The lowest BCUT2D eigenvalue weighted by atomic mass is 10.0. The summed E-state index contributed by atoms with van der Waals surface area (Å²) in [5, 5.41) is 5.16. The van der Waals surface area contributed by atoms with Crippen molar-refractivity contribution in [3.05, 3.63) is 42.5 Å². The van der Waals surface area contributed by atoms with Gasteiger partial charge < -0.3 is 18.8 Å². The van der Waals surface area contributed by atoms with Crippen molar-refractivity contribution in [2.75, 3.05) is 25.1 Å². The smallest absolute Gasteiger partial charge is 0.385 e. The third-order valence-corrected chi connectivity index (χ3v) is 5.84. The summed E-state index contributed by atoms with van der Waals surface area (Å²) >= 11 is 0. The maximum Gasteiger partial charge on any atom is 0.385 e. The number of anilines is 1. The summed E-state index contributed by atoms with van der Waals surface area (Å²) in [6.45, 7) is 6.55. The van der Waals surface area contributed by atoms with E-state index in [0.717, 1.165) is 16.3 Å². The van der Waals surface area contributed by atoms with Crippen LogP contribution in [0.25, 0.3) is 22.2 Å². The molecule has 0 fully saturated rings. The van der Waals surface area contributed by atoms with Crippen LogP contribution in [-0.4, -0.2) is 24.7 Å². The van der Waals surface area contributed by atoms with Gasteiger partial charge in [0.05, 0.1) is 13.2 Å². The first-order valence-electron chi connectivity index (χ1n) is 8.75. The van der Waals surface area contributed by atoms with Crippen LogP contribution < -0.4 is 10.8 Å². The van der Waals surface area contributed by atoms with Gasteiger partial charge in [-0.2, -0.15) is 4.98 Å². The second kappa shape index (κ2) is 8.04. The van der Waals surface area contributed by atoms with Crippen LogP contribution in [0.15, 0.2) is 46.9 Å². The number of nitrogens with one attached hydrogen (secondary N) is 1. The molecule has 0 amide bonds. The minimum absolute atomic E-state index is 0.186. The number of hydrogen-bond acceptors (Lipinski definition) is 6. The molecule has 7 heteroatoms. The fourth-order valence-electron chi connectivity index (χ4n) is 2.80. The van der Waals surface area contributed by atoms with Gasteiger partial charge in [-0.1, -0.05) is 36.4 Å². The molecule has 0 aliphatic heterocycles. The maximum absolute atomic E-state index is 13.2. The van der Waals surface area contributed by atoms with Gasteiger partial charge >= 0.3 is 7.60 Å². The van der Waals surface area contributed by atoms with Gasteiger partial charge in [0.25, 0.3) is 0 Å². The molecule has 1 N–H and O–H groups in total. The van der Waals surface area contributed by atoms with E-state index in [4.69, 9.17) is 13.5 Å². The van der Waals surface area contributed by atoms with Crippen molar-refractivity contribution in [1.82, 2.24) is 4.98 Å². The first kappa shape index (κ1) is 18.6. The average Bonchev–Trinajstić information content (AvgIpc) is 3.06. The zero-order chi connectivity index (χ0) is 18.6. The maximum atomic E-state index is 13.2. The number of aromatic nitrogens is 1. The van der Waals surface area contributed by atoms with Crippen molar-refractivity contribution in [1.29, 1.82) is 0 Å². The Balaban J connectivity index is 2.16. The van der Waals surface area contributed by atoms with Gasteiger partial charge in [0.2, 0.25) is 17.2 Å². The van der Waals surface area contributed by atoms with Crippen LogP contribution in [0.2, 0.25) is 0 Å². The molecular weight excluding hydrogens is 351 g/mol. The summed E-state index contributed by atoms with van der Waals surface area (Å²) in [6.07, 6.45) is 0. The van der Waals surface area contributed by atoms with E-state index in [-0.39, 0.29) is 18.6 Å². The standard InChI is InChI=1S/C19H23N2O4P/c1-4-20-18-19(26(22,23-5-2)24-6-3)21-17(25-18)16-13-9-11-14-10-7-8-12-15(14)16/h7-13,20H,4-6H2,1-3H3. The lowest BCUT2D eigenvalue weighted by Crippen LogP contribution is -2.16. The second-order valence-corrected chi connectivity index (χ2v) is 7.50. The molecule has 138 valence electrons. The minimum atomic E-state index is -3.57. The molecule has 1 aromatic heterocycles. The predicted molar refractivity (Wildman–Crippen MR) is 104 cm³/mol. The molecule has 0 atom stereocenters. The monoisotopic (exact) mass is 374 g/mol. The zero-order valence-electron chi connectivity index (χ0n) is 15.2. The number of nitrogens with zero attached hydrogens (tertiary/aromatic N) is 1. The van der Waals surface area contributed by atoms with Gasteiger partial charge in [0.15, 0.2) is 0 Å². The molecule has 2 aromatic carbocycles. The Labute approximate surface area is 153 Å². The summed E-state index contributed by atoms with van der Waals surface area (Å²) < 4.78 is 30.0. The zero-order valence-corrected chi connectivity index (χ0v) is 16.1. The minimum Gasteiger partial charge on any atom is -0.420 e. The highest BCUT2D eigenvalue weighted by Gasteiger charge is 2.35. The topological polar surface area (TPSA) is 73.6 Å². The van der Waals surface area contributed by atoms with Crippen LogP contribution in [0, 0.1) is 0 Å². The molecule has 0 aliphatic carbocycles.